The molecular weight excluding hydrogens is 334 g/mol. The van der Waals surface area contributed by atoms with E-state index < -0.39 is 12.2 Å². The average molecular weight is 355 g/mol. The van der Waals surface area contributed by atoms with Gasteiger partial charge >= 0.3 is 6.09 Å². The summed E-state index contributed by atoms with van der Waals surface area (Å²) < 4.78 is 16.5. The Hall–Kier alpha value is -3.02. The van der Waals surface area contributed by atoms with E-state index in [0.717, 1.165) is 11.1 Å². The van der Waals surface area contributed by atoms with Gasteiger partial charge in [-0.15, -0.1) is 0 Å². The first-order chi connectivity index (χ1) is 12.7. The highest BCUT2D eigenvalue weighted by atomic mass is 16.6. The summed E-state index contributed by atoms with van der Waals surface area (Å²) in [6, 6.07) is 15.6. The van der Waals surface area contributed by atoms with Crippen LogP contribution in [-0.4, -0.2) is 24.7 Å². The van der Waals surface area contributed by atoms with Crippen molar-refractivity contribution in [2.24, 2.45) is 0 Å². The van der Waals surface area contributed by atoms with Crippen molar-refractivity contribution in [1.82, 2.24) is 5.32 Å². The lowest BCUT2D eigenvalue weighted by Gasteiger charge is -2.14. The number of rotatable bonds is 8. The van der Waals surface area contributed by atoms with E-state index in [1.54, 1.807) is 0 Å². The summed E-state index contributed by atoms with van der Waals surface area (Å²) >= 11 is 0. The first kappa shape index (κ1) is 17.8. The molecule has 2 aromatic rings. The van der Waals surface area contributed by atoms with E-state index in [-0.39, 0.29) is 5.91 Å². The molecule has 0 aliphatic carbocycles. The molecule has 0 bridgehead atoms. The topological polar surface area (TPSA) is 73.9 Å². The molecule has 1 aliphatic heterocycles. The number of hydrogen-bond donors (Lipinski definition) is 1. The highest BCUT2D eigenvalue weighted by Gasteiger charge is 2.31. The number of carbonyl (C=O) groups is 2. The number of amides is 2. The van der Waals surface area contributed by atoms with Gasteiger partial charge in [0.1, 0.15) is 6.61 Å². The van der Waals surface area contributed by atoms with Gasteiger partial charge in [-0.2, -0.15) is 0 Å². The fraction of sp³-hybridized carbons (Fsp3) is 0.300. The number of aryl methyl sites for hydroxylation is 1. The molecule has 0 saturated carbocycles. The summed E-state index contributed by atoms with van der Waals surface area (Å²) in [5.41, 5.74) is 2.06. The van der Waals surface area contributed by atoms with E-state index in [9.17, 15) is 9.59 Å². The quantitative estimate of drug-likeness (QED) is 0.787. The minimum Gasteiger partial charge on any atom is -0.490 e. The van der Waals surface area contributed by atoms with Gasteiger partial charge in [-0.05, 0) is 43.0 Å². The van der Waals surface area contributed by atoms with E-state index in [0.29, 0.717) is 37.6 Å². The highest BCUT2D eigenvalue weighted by Crippen LogP contribution is 2.30. The van der Waals surface area contributed by atoms with E-state index in [4.69, 9.17) is 14.2 Å². The fourth-order valence-corrected chi connectivity index (χ4v) is 2.71. The largest absolute Gasteiger partial charge is 0.490 e. The monoisotopic (exact) mass is 355 g/mol. The second-order valence-electron chi connectivity index (χ2n) is 5.91. The van der Waals surface area contributed by atoms with E-state index in [1.807, 2.05) is 55.5 Å². The molecule has 1 saturated heterocycles. The SMILES string of the molecule is CCOc1cc(CCC2OC(=O)NC2=O)ccc1OCc1ccccc1. The van der Waals surface area contributed by atoms with Crippen molar-refractivity contribution >= 4 is 12.0 Å². The number of alkyl carbamates (subject to hydrolysis) is 1. The zero-order valence-corrected chi connectivity index (χ0v) is 14.6. The third-order valence-electron chi connectivity index (χ3n) is 4.01. The molecule has 1 N–H and O–H groups in total. The number of benzene rings is 2. The molecule has 0 radical (unpaired) electrons. The standard InChI is InChI=1S/C20H21NO5/c1-2-24-18-12-14(9-11-17-19(22)21-20(23)26-17)8-10-16(18)25-13-15-6-4-3-5-7-15/h3-8,10,12,17H,2,9,11,13H2,1H3,(H,21,22,23). The predicted octanol–water partition coefficient (Wildman–Crippen LogP) is 3.23. The molecule has 1 heterocycles. The summed E-state index contributed by atoms with van der Waals surface area (Å²) in [5, 5.41) is 2.13. The Bertz CT molecular complexity index is 775. The Kier molecular flexibility index (Phi) is 5.73. The molecule has 2 aromatic carbocycles. The molecule has 1 unspecified atom stereocenters. The number of ether oxygens (including phenoxy) is 3. The maximum atomic E-state index is 11.5. The van der Waals surface area contributed by atoms with Crippen LogP contribution in [0.5, 0.6) is 11.5 Å². The second kappa shape index (κ2) is 8.38. The maximum Gasteiger partial charge on any atom is 0.414 e. The Morgan fingerprint density at radius 1 is 1.00 bits per heavy atom. The zero-order valence-electron chi connectivity index (χ0n) is 14.6. The molecule has 2 amide bonds. The summed E-state index contributed by atoms with van der Waals surface area (Å²) in [6.45, 7) is 2.89. The van der Waals surface area contributed by atoms with Crippen molar-refractivity contribution < 1.29 is 23.8 Å². The lowest BCUT2D eigenvalue weighted by atomic mass is 10.1. The molecular formula is C20H21NO5. The van der Waals surface area contributed by atoms with Crippen molar-refractivity contribution in [3.05, 3.63) is 59.7 Å². The molecule has 6 heteroatoms. The summed E-state index contributed by atoms with van der Waals surface area (Å²) in [6.07, 6.45) is -0.399. The van der Waals surface area contributed by atoms with Gasteiger partial charge in [0.25, 0.3) is 5.91 Å². The molecule has 3 rings (SSSR count). The van der Waals surface area contributed by atoms with Crippen LogP contribution >= 0.6 is 0 Å². The number of imide groups is 1. The van der Waals surface area contributed by atoms with Crippen LogP contribution < -0.4 is 14.8 Å². The molecule has 0 aromatic heterocycles. The van der Waals surface area contributed by atoms with Gasteiger partial charge < -0.3 is 14.2 Å². The summed E-state index contributed by atoms with van der Waals surface area (Å²) in [7, 11) is 0. The molecule has 26 heavy (non-hydrogen) atoms. The van der Waals surface area contributed by atoms with Crippen LogP contribution in [0.3, 0.4) is 0 Å². The van der Waals surface area contributed by atoms with Crippen LogP contribution in [0.25, 0.3) is 0 Å². The maximum absolute atomic E-state index is 11.5. The Morgan fingerprint density at radius 2 is 1.81 bits per heavy atom. The van der Waals surface area contributed by atoms with E-state index >= 15 is 0 Å². The van der Waals surface area contributed by atoms with E-state index in [2.05, 4.69) is 5.32 Å². The highest BCUT2D eigenvalue weighted by molar-refractivity contribution is 5.99. The minimum absolute atomic E-state index is 0.386. The number of cyclic esters (lactones) is 1. The van der Waals surface area contributed by atoms with Crippen LogP contribution in [0.15, 0.2) is 48.5 Å². The molecule has 1 fully saturated rings. The molecule has 1 aliphatic rings. The lowest BCUT2D eigenvalue weighted by Crippen LogP contribution is -2.24. The average Bonchev–Trinajstić information content (AvgIpc) is 2.97. The third kappa shape index (κ3) is 4.53. The van der Waals surface area contributed by atoms with Gasteiger partial charge in [-0.1, -0.05) is 36.4 Å². The Morgan fingerprint density at radius 3 is 2.50 bits per heavy atom. The first-order valence-corrected chi connectivity index (χ1v) is 8.59. The Labute approximate surface area is 152 Å². The van der Waals surface area contributed by atoms with Crippen molar-refractivity contribution in [3.63, 3.8) is 0 Å². The molecule has 6 nitrogen and oxygen atoms in total. The van der Waals surface area contributed by atoms with Crippen LogP contribution in [0.2, 0.25) is 0 Å². The second-order valence-corrected chi connectivity index (χ2v) is 5.91. The van der Waals surface area contributed by atoms with Gasteiger partial charge in [0.05, 0.1) is 6.61 Å². The zero-order chi connectivity index (χ0) is 18.4. The van der Waals surface area contributed by atoms with Gasteiger partial charge in [0.15, 0.2) is 17.6 Å². The van der Waals surface area contributed by atoms with Crippen molar-refractivity contribution in [3.8, 4) is 11.5 Å². The van der Waals surface area contributed by atoms with Crippen LogP contribution in [0.4, 0.5) is 4.79 Å². The molecule has 136 valence electrons. The minimum atomic E-state index is -0.730. The van der Waals surface area contributed by atoms with Crippen molar-refractivity contribution in [2.45, 2.75) is 32.5 Å². The Balaban J connectivity index is 1.64. The normalized spacial score (nSPS) is 16.1. The number of carbonyl (C=O) groups excluding carboxylic acids is 2. The van der Waals surface area contributed by atoms with Crippen molar-refractivity contribution in [2.75, 3.05) is 6.61 Å². The van der Waals surface area contributed by atoms with Gasteiger partial charge in [-0.25, -0.2) is 4.79 Å². The van der Waals surface area contributed by atoms with Crippen molar-refractivity contribution in [1.29, 1.82) is 0 Å². The van der Waals surface area contributed by atoms with Crippen LogP contribution in [0.1, 0.15) is 24.5 Å². The van der Waals surface area contributed by atoms with Crippen LogP contribution in [-0.2, 0) is 22.6 Å². The van der Waals surface area contributed by atoms with Gasteiger partial charge in [-0.3, -0.25) is 10.1 Å². The smallest absolute Gasteiger partial charge is 0.414 e. The third-order valence-corrected chi connectivity index (χ3v) is 4.01. The summed E-state index contributed by atoms with van der Waals surface area (Å²) in [5.74, 6) is 0.945. The predicted molar refractivity (Wildman–Crippen MR) is 95.1 cm³/mol. The lowest BCUT2D eigenvalue weighted by molar-refractivity contribution is -0.123. The molecule has 1 atom stereocenters. The molecule has 0 spiro atoms. The number of nitrogens with one attached hydrogen (secondary N) is 1. The van der Waals surface area contributed by atoms with Gasteiger partial charge in [0, 0.05) is 0 Å². The first-order valence-electron chi connectivity index (χ1n) is 8.59. The summed E-state index contributed by atoms with van der Waals surface area (Å²) in [4.78, 5) is 22.6. The van der Waals surface area contributed by atoms with E-state index in [1.165, 1.54) is 0 Å². The fourth-order valence-electron chi connectivity index (χ4n) is 2.71. The van der Waals surface area contributed by atoms with Gasteiger partial charge in [0.2, 0.25) is 0 Å². The van der Waals surface area contributed by atoms with Crippen LogP contribution in [0, 0.1) is 0 Å². The number of hydrogen-bond acceptors (Lipinski definition) is 5.